The molecule has 4 atom stereocenters. The molecule has 18 heteroatoms. The number of benzene rings is 2. The Balaban J connectivity index is 1.28. The zero-order chi connectivity index (χ0) is 41.6. The number of aliphatic imine (C=N–C) groups is 1. The third-order valence-corrected chi connectivity index (χ3v) is 12.0. The Bertz CT molecular complexity index is 1910. The standard InChI is InChI=1S/C40H54N8O8S2/c1-25(49)41-19-9-7-14-29(34(50)42-27-17-18-28-33(22-27)58-38(45-28)37-46-31(24-57-37)39(53)54)43-35(51)30(15-8-10-20-47(2)3)44-36(52)32-16-11-21-48(32)40(55)56-23-26-12-5-4-6-13-26/h4-6,12-13,17-18,22,29-32,39,53-54H,7-11,14-16,19-21,23-24H2,1-3H3,(H,41,49)(H,42,50)(H,43,51)(H,44,52)/t29-,30-,31+,32-/m0/s1. The number of carbonyl (C=O) groups is 5. The number of nitrogens with one attached hydrogen (secondary N) is 4. The molecule has 1 saturated heterocycles. The lowest BCUT2D eigenvalue weighted by atomic mass is 10.0. The number of carbonyl (C=O) groups excluding carboxylic acids is 5. The Morgan fingerprint density at radius 2 is 1.71 bits per heavy atom. The van der Waals surface area contributed by atoms with Gasteiger partial charge >= 0.3 is 6.09 Å². The van der Waals surface area contributed by atoms with Crippen molar-refractivity contribution in [3.63, 3.8) is 0 Å². The first-order valence-corrected chi connectivity index (χ1v) is 21.4. The van der Waals surface area contributed by atoms with E-state index in [0.29, 0.717) is 78.6 Å². The van der Waals surface area contributed by atoms with Crippen LogP contribution in [0.4, 0.5) is 10.5 Å². The van der Waals surface area contributed by atoms with Crippen LogP contribution in [0.3, 0.4) is 0 Å². The Morgan fingerprint density at radius 3 is 2.41 bits per heavy atom. The molecule has 0 aliphatic carbocycles. The number of thiazole rings is 1. The average molecular weight is 839 g/mol. The number of likely N-dealkylation sites (tertiary alicyclic amines) is 1. The molecule has 0 unspecified atom stereocenters. The Hall–Kier alpha value is -4.62. The second-order valence-corrected chi connectivity index (χ2v) is 16.7. The molecule has 1 fully saturated rings. The molecule has 2 aromatic carbocycles. The Morgan fingerprint density at radius 1 is 0.966 bits per heavy atom. The molecular formula is C40H54N8O8S2. The van der Waals surface area contributed by atoms with Gasteiger partial charge in [0.25, 0.3) is 0 Å². The normalized spacial score (nSPS) is 17.6. The van der Waals surface area contributed by atoms with Gasteiger partial charge in [-0.2, -0.15) is 0 Å². The molecule has 314 valence electrons. The summed E-state index contributed by atoms with van der Waals surface area (Å²) in [5, 5.41) is 31.8. The number of unbranched alkanes of at least 4 members (excludes halogenated alkanes) is 2. The average Bonchev–Trinajstić information content (AvgIpc) is 3.98. The third kappa shape index (κ3) is 13.2. The monoisotopic (exact) mass is 838 g/mol. The van der Waals surface area contributed by atoms with Crippen molar-refractivity contribution in [1.29, 1.82) is 0 Å². The van der Waals surface area contributed by atoms with E-state index in [1.54, 1.807) is 18.2 Å². The van der Waals surface area contributed by atoms with E-state index in [0.717, 1.165) is 23.2 Å². The fourth-order valence-electron chi connectivity index (χ4n) is 6.63. The summed E-state index contributed by atoms with van der Waals surface area (Å²) in [5.74, 6) is -1.15. The van der Waals surface area contributed by atoms with Crippen LogP contribution in [0.15, 0.2) is 53.5 Å². The minimum absolute atomic E-state index is 0.0707. The van der Waals surface area contributed by atoms with Crippen LogP contribution in [0.5, 0.6) is 0 Å². The highest BCUT2D eigenvalue weighted by atomic mass is 32.2. The van der Waals surface area contributed by atoms with Crippen LogP contribution >= 0.6 is 23.1 Å². The van der Waals surface area contributed by atoms with Gasteiger partial charge in [-0.05, 0) is 95.8 Å². The molecule has 0 bridgehead atoms. The summed E-state index contributed by atoms with van der Waals surface area (Å²) in [5.41, 5.74) is 2.00. The number of aromatic nitrogens is 1. The number of anilines is 1. The van der Waals surface area contributed by atoms with Gasteiger partial charge in [0.05, 0.1) is 10.2 Å². The molecule has 0 radical (unpaired) electrons. The number of fused-ring (bicyclic) bond motifs is 1. The van der Waals surface area contributed by atoms with E-state index in [1.165, 1.54) is 34.9 Å². The molecule has 6 N–H and O–H groups in total. The van der Waals surface area contributed by atoms with E-state index >= 15 is 0 Å². The molecule has 0 spiro atoms. The summed E-state index contributed by atoms with van der Waals surface area (Å²) >= 11 is 2.77. The van der Waals surface area contributed by atoms with E-state index in [4.69, 9.17) is 4.74 Å². The van der Waals surface area contributed by atoms with Crippen LogP contribution in [0.2, 0.25) is 0 Å². The van der Waals surface area contributed by atoms with Crippen molar-refractivity contribution >= 4 is 73.8 Å². The van der Waals surface area contributed by atoms with Gasteiger partial charge in [-0.1, -0.05) is 30.3 Å². The number of hydrogen-bond donors (Lipinski definition) is 6. The first-order chi connectivity index (χ1) is 27.9. The number of hydrogen-bond acceptors (Lipinski definition) is 13. The van der Waals surface area contributed by atoms with E-state index < -0.39 is 54.3 Å². The molecule has 2 aliphatic heterocycles. The molecule has 3 heterocycles. The zero-order valence-electron chi connectivity index (χ0n) is 33.1. The SMILES string of the molecule is CC(=O)NCCCC[C@H](NC(=O)[C@H](CCCCN(C)C)NC(=O)[C@@H]1CCCN1C(=O)OCc1ccccc1)C(=O)Nc1ccc2nc(C3=N[C@@H](C(O)O)CS3)sc2c1. The summed E-state index contributed by atoms with van der Waals surface area (Å²) in [6.07, 6.45) is 1.96. The fraction of sp³-hybridized carbons (Fsp3) is 0.525. The number of ether oxygens (including phenoxy) is 1. The summed E-state index contributed by atoms with van der Waals surface area (Å²) in [6.45, 7) is 3.06. The largest absolute Gasteiger partial charge is 0.445 e. The molecule has 3 aromatic rings. The van der Waals surface area contributed by atoms with E-state index in [-0.39, 0.29) is 18.9 Å². The topological polar surface area (TPSA) is 215 Å². The maximum Gasteiger partial charge on any atom is 0.410 e. The van der Waals surface area contributed by atoms with Crippen molar-refractivity contribution < 1.29 is 38.9 Å². The summed E-state index contributed by atoms with van der Waals surface area (Å²) in [7, 11) is 3.92. The molecule has 5 rings (SSSR count). The predicted molar refractivity (Wildman–Crippen MR) is 224 cm³/mol. The lowest BCUT2D eigenvalue weighted by molar-refractivity contribution is -0.132. The fourth-order valence-corrected chi connectivity index (χ4v) is 8.79. The van der Waals surface area contributed by atoms with Crippen LogP contribution in [0.25, 0.3) is 10.2 Å². The number of aliphatic hydroxyl groups is 2. The van der Waals surface area contributed by atoms with Crippen molar-refractivity contribution in [2.75, 3.05) is 44.8 Å². The number of nitrogens with zero attached hydrogens (tertiary/aromatic N) is 4. The van der Waals surface area contributed by atoms with Crippen LogP contribution in [0.1, 0.15) is 68.9 Å². The maximum absolute atomic E-state index is 14.1. The molecule has 0 saturated carbocycles. The van der Waals surface area contributed by atoms with Crippen molar-refractivity contribution in [3.05, 3.63) is 59.1 Å². The first-order valence-electron chi connectivity index (χ1n) is 19.6. The molecular weight excluding hydrogens is 785 g/mol. The Kier molecular flexibility index (Phi) is 16.8. The van der Waals surface area contributed by atoms with E-state index in [1.807, 2.05) is 49.3 Å². The predicted octanol–water partition coefficient (Wildman–Crippen LogP) is 3.22. The van der Waals surface area contributed by atoms with Gasteiger partial charge in [0.2, 0.25) is 23.6 Å². The van der Waals surface area contributed by atoms with Gasteiger partial charge in [0, 0.05) is 31.5 Å². The first kappa shape index (κ1) is 44.5. The summed E-state index contributed by atoms with van der Waals surface area (Å²) < 4.78 is 6.31. The zero-order valence-corrected chi connectivity index (χ0v) is 34.8. The van der Waals surface area contributed by atoms with Gasteiger partial charge in [0.15, 0.2) is 6.29 Å². The third-order valence-electron chi connectivity index (χ3n) is 9.76. The molecule has 5 amide bonds. The number of aliphatic hydroxyl groups excluding tert-OH is 1. The van der Waals surface area contributed by atoms with Gasteiger partial charge in [-0.3, -0.25) is 29.1 Å². The number of thioether (sulfide) groups is 1. The van der Waals surface area contributed by atoms with Crippen molar-refractivity contribution in [1.82, 2.24) is 30.7 Å². The minimum atomic E-state index is -1.55. The van der Waals surface area contributed by atoms with Crippen LogP contribution < -0.4 is 21.3 Å². The molecule has 2 aliphatic rings. The minimum Gasteiger partial charge on any atom is -0.445 e. The molecule has 16 nitrogen and oxygen atoms in total. The van der Waals surface area contributed by atoms with Crippen molar-refractivity contribution in [2.45, 2.75) is 95.4 Å². The highest BCUT2D eigenvalue weighted by Gasteiger charge is 2.37. The Labute approximate surface area is 346 Å². The molecule has 58 heavy (non-hydrogen) atoms. The van der Waals surface area contributed by atoms with Crippen LogP contribution in [-0.2, 0) is 30.5 Å². The number of amides is 5. The second kappa shape index (κ2) is 21.9. The number of rotatable bonds is 20. The second-order valence-electron chi connectivity index (χ2n) is 14.7. The smallest absolute Gasteiger partial charge is 0.410 e. The summed E-state index contributed by atoms with van der Waals surface area (Å²) in [4.78, 5) is 78.8. The van der Waals surface area contributed by atoms with E-state index in [2.05, 4.69) is 31.2 Å². The highest BCUT2D eigenvalue weighted by molar-refractivity contribution is 8.15. The van der Waals surface area contributed by atoms with Gasteiger partial charge in [0.1, 0.15) is 40.8 Å². The van der Waals surface area contributed by atoms with Crippen LogP contribution in [0, 0.1) is 0 Å². The summed E-state index contributed by atoms with van der Waals surface area (Å²) in [6, 6.07) is 11.2. The lowest BCUT2D eigenvalue weighted by Crippen LogP contribution is -2.55. The molecule has 1 aromatic heterocycles. The quantitative estimate of drug-likeness (QED) is 0.0718. The lowest BCUT2D eigenvalue weighted by Gasteiger charge is -2.27. The van der Waals surface area contributed by atoms with Crippen molar-refractivity contribution in [3.8, 4) is 0 Å². The van der Waals surface area contributed by atoms with Gasteiger partial charge in [-0.25, -0.2) is 9.78 Å². The van der Waals surface area contributed by atoms with Gasteiger partial charge < -0.3 is 41.1 Å². The highest BCUT2D eigenvalue weighted by Crippen LogP contribution is 2.32. The van der Waals surface area contributed by atoms with Crippen molar-refractivity contribution in [2.24, 2.45) is 4.99 Å². The maximum atomic E-state index is 14.1. The van der Waals surface area contributed by atoms with E-state index in [9.17, 15) is 34.2 Å². The van der Waals surface area contributed by atoms with Gasteiger partial charge in [-0.15, -0.1) is 23.1 Å². The van der Waals surface area contributed by atoms with Crippen LogP contribution in [-0.4, -0.2) is 130 Å².